The second-order valence-electron chi connectivity index (χ2n) is 4.06. The smallest absolute Gasteiger partial charge is 0.227 e. The predicted octanol–water partition coefficient (Wildman–Crippen LogP) is 0.999. The minimum absolute atomic E-state index is 0.665. The van der Waals surface area contributed by atoms with Crippen molar-refractivity contribution >= 4 is 11.8 Å². The second-order valence-corrected chi connectivity index (χ2v) is 4.06. The first-order valence-electron chi connectivity index (χ1n) is 5.34. The van der Waals surface area contributed by atoms with Crippen molar-refractivity contribution in [3.63, 3.8) is 0 Å². The highest BCUT2D eigenvalue weighted by atomic mass is 15.3. The van der Waals surface area contributed by atoms with Gasteiger partial charge in [-0.05, 0) is 18.8 Å². The molecular weight excluding hydrogens is 190 g/mol. The Morgan fingerprint density at radius 1 is 1.47 bits per heavy atom. The molecule has 0 bridgehead atoms. The Morgan fingerprint density at radius 3 is 2.87 bits per heavy atom. The first-order chi connectivity index (χ1) is 7.29. The first kappa shape index (κ1) is 10.2. The molecule has 0 spiro atoms. The molecule has 3 N–H and O–H groups in total. The van der Waals surface area contributed by atoms with Crippen molar-refractivity contribution < 1.29 is 0 Å². The van der Waals surface area contributed by atoms with Gasteiger partial charge in [0.25, 0.3) is 0 Å². The summed E-state index contributed by atoms with van der Waals surface area (Å²) in [5.41, 5.74) is 2.54. The molecule has 1 saturated heterocycles. The lowest BCUT2D eigenvalue weighted by molar-refractivity contribution is 0.434. The average molecular weight is 207 g/mol. The summed E-state index contributed by atoms with van der Waals surface area (Å²) in [6, 6.07) is 1.76. The number of nitrogens with zero attached hydrogens (tertiary/aromatic N) is 3. The van der Waals surface area contributed by atoms with E-state index in [1.165, 1.54) is 12.8 Å². The number of anilines is 2. The van der Waals surface area contributed by atoms with Crippen LogP contribution in [0, 0.1) is 5.92 Å². The van der Waals surface area contributed by atoms with Crippen LogP contribution in [-0.4, -0.2) is 23.1 Å². The standard InChI is InChI=1S/C10H17N5/c1-8-3-6-15(7-4-8)10-12-5-2-9(13-10)14-11/h2,5,8H,3-4,6-7,11H2,1H3,(H,12,13,14). The van der Waals surface area contributed by atoms with Gasteiger partial charge in [0.05, 0.1) is 0 Å². The zero-order chi connectivity index (χ0) is 10.7. The third-order valence-electron chi connectivity index (χ3n) is 2.86. The van der Waals surface area contributed by atoms with Gasteiger partial charge in [-0.1, -0.05) is 6.92 Å². The first-order valence-corrected chi connectivity index (χ1v) is 5.34. The summed E-state index contributed by atoms with van der Waals surface area (Å²) in [6.45, 7) is 4.36. The Balaban J connectivity index is 2.08. The van der Waals surface area contributed by atoms with Gasteiger partial charge in [-0.15, -0.1) is 0 Å². The fourth-order valence-corrected chi connectivity index (χ4v) is 1.79. The third-order valence-corrected chi connectivity index (χ3v) is 2.86. The van der Waals surface area contributed by atoms with Crippen molar-refractivity contribution in [2.24, 2.45) is 11.8 Å². The van der Waals surface area contributed by atoms with Gasteiger partial charge in [0.15, 0.2) is 0 Å². The topological polar surface area (TPSA) is 67.1 Å². The van der Waals surface area contributed by atoms with Gasteiger partial charge in [-0.25, -0.2) is 10.8 Å². The summed E-state index contributed by atoms with van der Waals surface area (Å²) >= 11 is 0. The van der Waals surface area contributed by atoms with Gasteiger partial charge >= 0.3 is 0 Å². The molecule has 1 aliphatic heterocycles. The van der Waals surface area contributed by atoms with Gasteiger partial charge in [0, 0.05) is 25.4 Å². The van der Waals surface area contributed by atoms with Crippen molar-refractivity contribution in [3.05, 3.63) is 12.3 Å². The third kappa shape index (κ3) is 2.36. The molecule has 0 radical (unpaired) electrons. The Morgan fingerprint density at radius 2 is 2.20 bits per heavy atom. The van der Waals surface area contributed by atoms with Gasteiger partial charge in [-0.2, -0.15) is 4.98 Å². The molecule has 0 saturated carbocycles. The lowest BCUT2D eigenvalue weighted by atomic mass is 10.00. The fraction of sp³-hybridized carbons (Fsp3) is 0.600. The molecule has 82 valence electrons. The van der Waals surface area contributed by atoms with Crippen LogP contribution in [0.3, 0.4) is 0 Å². The number of nitrogen functional groups attached to an aromatic ring is 1. The lowest BCUT2D eigenvalue weighted by Gasteiger charge is -2.30. The highest BCUT2D eigenvalue weighted by Crippen LogP contribution is 2.20. The molecule has 0 unspecified atom stereocenters. The van der Waals surface area contributed by atoms with Crippen LogP contribution in [0.5, 0.6) is 0 Å². The number of hydrazine groups is 1. The fourth-order valence-electron chi connectivity index (χ4n) is 1.79. The number of nitrogens with one attached hydrogen (secondary N) is 1. The maximum absolute atomic E-state index is 5.31. The summed E-state index contributed by atoms with van der Waals surface area (Å²) in [5, 5.41) is 0. The monoisotopic (exact) mass is 207 g/mol. The number of aromatic nitrogens is 2. The van der Waals surface area contributed by atoms with E-state index in [1.807, 2.05) is 0 Å². The highest BCUT2D eigenvalue weighted by molar-refractivity contribution is 5.40. The maximum atomic E-state index is 5.31. The Hall–Kier alpha value is -1.36. The number of nitrogens with two attached hydrogens (primary N) is 1. The summed E-state index contributed by atoms with van der Waals surface area (Å²) in [4.78, 5) is 10.8. The van der Waals surface area contributed by atoms with Crippen LogP contribution in [0.2, 0.25) is 0 Å². The van der Waals surface area contributed by atoms with E-state index in [2.05, 4.69) is 27.2 Å². The Kier molecular flexibility index (Phi) is 3.01. The number of piperidine rings is 1. The SMILES string of the molecule is CC1CCN(c2nccc(NN)n2)CC1. The van der Waals surface area contributed by atoms with Crippen molar-refractivity contribution in [2.45, 2.75) is 19.8 Å². The molecule has 1 fully saturated rings. The largest absolute Gasteiger partial charge is 0.341 e. The lowest BCUT2D eigenvalue weighted by Crippen LogP contribution is -2.34. The normalized spacial score (nSPS) is 17.9. The molecule has 2 heterocycles. The molecule has 1 aromatic rings. The van der Waals surface area contributed by atoms with Gasteiger partial charge in [0.1, 0.15) is 5.82 Å². The van der Waals surface area contributed by atoms with E-state index < -0.39 is 0 Å². The van der Waals surface area contributed by atoms with Crippen LogP contribution in [0.15, 0.2) is 12.3 Å². The molecule has 15 heavy (non-hydrogen) atoms. The molecule has 2 rings (SSSR count). The molecule has 5 nitrogen and oxygen atoms in total. The zero-order valence-corrected chi connectivity index (χ0v) is 8.98. The van der Waals surface area contributed by atoms with Gasteiger partial charge in [-0.3, -0.25) is 0 Å². The Bertz CT molecular complexity index is 319. The van der Waals surface area contributed by atoms with Crippen LogP contribution in [0.4, 0.5) is 11.8 Å². The summed E-state index contributed by atoms with van der Waals surface area (Å²) in [6.07, 6.45) is 4.16. The van der Waals surface area contributed by atoms with Gasteiger partial charge in [0.2, 0.25) is 5.95 Å². The molecule has 1 aromatic heterocycles. The summed E-state index contributed by atoms with van der Waals surface area (Å²) in [5.74, 6) is 7.57. The predicted molar refractivity (Wildman–Crippen MR) is 60.5 cm³/mol. The van der Waals surface area contributed by atoms with E-state index in [1.54, 1.807) is 12.3 Å². The highest BCUT2D eigenvalue weighted by Gasteiger charge is 2.17. The second kappa shape index (κ2) is 4.44. The van der Waals surface area contributed by atoms with E-state index in [0.717, 1.165) is 25.0 Å². The molecule has 5 heteroatoms. The maximum Gasteiger partial charge on any atom is 0.227 e. The molecule has 1 aliphatic rings. The van der Waals surface area contributed by atoms with Crippen LogP contribution >= 0.6 is 0 Å². The van der Waals surface area contributed by atoms with E-state index >= 15 is 0 Å². The van der Waals surface area contributed by atoms with Crippen LogP contribution < -0.4 is 16.2 Å². The quantitative estimate of drug-likeness (QED) is 0.559. The van der Waals surface area contributed by atoms with Crippen LogP contribution in [-0.2, 0) is 0 Å². The number of rotatable bonds is 2. The number of hydrogen-bond donors (Lipinski definition) is 2. The van der Waals surface area contributed by atoms with Crippen molar-refractivity contribution in [1.29, 1.82) is 0 Å². The van der Waals surface area contributed by atoms with Crippen molar-refractivity contribution in [3.8, 4) is 0 Å². The minimum atomic E-state index is 0.665. The molecule has 0 aliphatic carbocycles. The van der Waals surface area contributed by atoms with E-state index in [-0.39, 0.29) is 0 Å². The Labute approximate surface area is 89.7 Å². The molecule has 0 atom stereocenters. The minimum Gasteiger partial charge on any atom is -0.341 e. The zero-order valence-electron chi connectivity index (χ0n) is 8.98. The van der Waals surface area contributed by atoms with E-state index in [4.69, 9.17) is 5.84 Å². The van der Waals surface area contributed by atoms with Crippen molar-refractivity contribution in [2.75, 3.05) is 23.4 Å². The van der Waals surface area contributed by atoms with Gasteiger partial charge < -0.3 is 10.3 Å². The molecule has 0 aromatic carbocycles. The van der Waals surface area contributed by atoms with Crippen LogP contribution in [0.1, 0.15) is 19.8 Å². The van der Waals surface area contributed by atoms with E-state index in [9.17, 15) is 0 Å². The average Bonchev–Trinajstić information content (AvgIpc) is 2.30. The number of hydrogen-bond acceptors (Lipinski definition) is 5. The van der Waals surface area contributed by atoms with Crippen molar-refractivity contribution in [1.82, 2.24) is 9.97 Å². The molecular formula is C10H17N5. The van der Waals surface area contributed by atoms with E-state index in [0.29, 0.717) is 5.82 Å². The molecule has 0 amide bonds. The summed E-state index contributed by atoms with van der Waals surface area (Å²) in [7, 11) is 0. The summed E-state index contributed by atoms with van der Waals surface area (Å²) < 4.78 is 0. The van der Waals surface area contributed by atoms with Crippen LogP contribution in [0.25, 0.3) is 0 Å².